The fraction of sp³-hybridized carbons (Fsp3) is 0.867. The molecule has 2 aliphatic rings. The van der Waals surface area contributed by atoms with Gasteiger partial charge in [-0.15, -0.1) is 11.8 Å². The molecule has 108 valence electrons. The van der Waals surface area contributed by atoms with Crippen LogP contribution in [0, 0.1) is 0 Å². The SMILES string of the molecule is CN1C(=O)CC(SC2CCCCCCCCC2)C1=O. The summed E-state index contributed by atoms with van der Waals surface area (Å²) < 4.78 is 0. The van der Waals surface area contributed by atoms with Crippen LogP contribution in [0.2, 0.25) is 0 Å². The van der Waals surface area contributed by atoms with E-state index in [4.69, 9.17) is 0 Å². The van der Waals surface area contributed by atoms with Crippen molar-refractivity contribution in [2.45, 2.75) is 74.7 Å². The van der Waals surface area contributed by atoms with Crippen LogP contribution in [0.4, 0.5) is 0 Å². The fourth-order valence-corrected chi connectivity index (χ4v) is 4.55. The van der Waals surface area contributed by atoms with Gasteiger partial charge in [0.05, 0.1) is 5.25 Å². The van der Waals surface area contributed by atoms with E-state index in [1.54, 1.807) is 18.8 Å². The summed E-state index contributed by atoms with van der Waals surface area (Å²) in [6.45, 7) is 0. The molecular weight excluding hydrogens is 258 g/mol. The number of amides is 2. The molecule has 1 unspecified atom stereocenters. The average molecular weight is 283 g/mol. The Kier molecular flexibility index (Phi) is 5.74. The molecule has 1 aliphatic carbocycles. The van der Waals surface area contributed by atoms with Gasteiger partial charge in [0.25, 0.3) is 0 Å². The molecule has 3 nitrogen and oxygen atoms in total. The number of thioether (sulfide) groups is 1. The Morgan fingerprint density at radius 3 is 1.95 bits per heavy atom. The third kappa shape index (κ3) is 4.23. The highest BCUT2D eigenvalue weighted by molar-refractivity contribution is 8.01. The van der Waals surface area contributed by atoms with E-state index in [1.165, 1.54) is 62.7 Å². The minimum Gasteiger partial charge on any atom is -0.285 e. The van der Waals surface area contributed by atoms with E-state index in [-0.39, 0.29) is 17.1 Å². The van der Waals surface area contributed by atoms with Gasteiger partial charge < -0.3 is 0 Å². The van der Waals surface area contributed by atoms with Crippen LogP contribution in [0.5, 0.6) is 0 Å². The molecule has 1 atom stereocenters. The van der Waals surface area contributed by atoms with Gasteiger partial charge in [-0.25, -0.2) is 0 Å². The molecule has 0 aromatic rings. The molecule has 2 amide bonds. The summed E-state index contributed by atoms with van der Waals surface area (Å²) in [5.41, 5.74) is 0. The largest absolute Gasteiger partial charge is 0.285 e. The van der Waals surface area contributed by atoms with E-state index in [0.717, 1.165) is 0 Å². The minimum absolute atomic E-state index is 0.0117. The number of hydrogen-bond acceptors (Lipinski definition) is 3. The first-order valence-corrected chi connectivity index (χ1v) is 8.58. The van der Waals surface area contributed by atoms with Crippen molar-refractivity contribution < 1.29 is 9.59 Å². The third-order valence-electron chi connectivity index (χ3n) is 4.25. The Morgan fingerprint density at radius 1 is 0.947 bits per heavy atom. The zero-order valence-corrected chi connectivity index (χ0v) is 12.7. The van der Waals surface area contributed by atoms with Crippen LogP contribution >= 0.6 is 11.8 Å². The highest BCUT2D eigenvalue weighted by Gasteiger charge is 2.37. The van der Waals surface area contributed by atoms with Crippen LogP contribution < -0.4 is 0 Å². The van der Waals surface area contributed by atoms with Crippen molar-refractivity contribution in [1.29, 1.82) is 0 Å². The Hall–Kier alpha value is -0.510. The quantitative estimate of drug-likeness (QED) is 0.729. The van der Waals surface area contributed by atoms with Crippen LogP contribution in [-0.4, -0.2) is 34.3 Å². The number of carbonyl (C=O) groups is 2. The van der Waals surface area contributed by atoms with Gasteiger partial charge in [0.15, 0.2) is 0 Å². The topological polar surface area (TPSA) is 37.4 Å². The van der Waals surface area contributed by atoms with E-state index in [1.807, 2.05) is 0 Å². The van der Waals surface area contributed by atoms with Gasteiger partial charge in [-0.05, 0) is 12.8 Å². The molecule has 1 saturated carbocycles. The fourth-order valence-electron chi connectivity index (χ4n) is 2.97. The number of rotatable bonds is 2. The minimum atomic E-state index is -0.106. The zero-order chi connectivity index (χ0) is 13.7. The highest BCUT2D eigenvalue weighted by atomic mass is 32.2. The molecule has 0 aromatic carbocycles. The van der Waals surface area contributed by atoms with Crippen molar-refractivity contribution in [3.63, 3.8) is 0 Å². The molecule has 1 saturated heterocycles. The van der Waals surface area contributed by atoms with Crippen LogP contribution in [0.1, 0.15) is 64.2 Å². The molecule has 1 heterocycles. The number of likely N-dealkylation sites (tertiary alicyclic amines) is 1. The molecule has 2 fully saturated rings. The lowest BCUT2D eigenvalue weighted by molar-refractivity contribution is -0.136. The van der Waals surface area contributed by atoms with Gasteiger partial charge in [-0.2, -0.15) is 0 Å². The van der Waals surface area contributed by atoms with Crippen LogP contribution in [-0.2, 0) is 9.59 Å². The summed E-state index contributed by atoms with van der Waals surface area (Å²) in [6, 6.07) is 0. The zero-order valence-electron chi connectivity index (χ0n) is 11.9. The first kappa shape index (κ1) is 14.9. The smallest absolute Gasteiger partial charge is 0.242 e. The summed E-state index contributed by atoms with van der Waals surface area (Å²) in [7, 11) is 1.61. The summed E-state index contributed by atoms with van der Waals surface area (Å²) in [4.78, 5) is 24.8. The first-order chi connectivity index (χ1) is 9.18. The maximum Gasteiger partial charge on any atom is 0.242 e. The lowest BCUT2D eigenvalue weighted by Gasteiger charge is -2.20. The summed E-state index contributed by atoms with van der Waals surface area (Å²) in [6.07, 6.45) is 12.2. The van der Waals surface area contributed by atoms with Gasteiger partial charge >= 0.3 is 0 Å². The predicted octanol–water partition coefficient (Wildman–Crippen LogP) is 3.37. The summed E-state index contributed by atoms with van der Waals surface area (Å²) >= 11 is 1.77. The Morgan fingerprint density at radius 2 is 1.47 bits per heavy atom. The van der Waals surface area contributed by atoms with Crippen molar-refractivity contribution in [1.82, 2.24) is 4.90 Å². The second kappa shape index (κ2) is 7.32. The number of carbonyl (C=O) groups excluding carboxylic acids is 2. The van der Waals surface area contributed by atoms with Crippen molar-refractivity contribution in [2.75, 3.05) is 7.05 Å². The van der Waals surface area contributed by atoms with Crippen molar-refractivity contribution in [3.05, 3.63) is 0 Å². The van der Waals surface area contributed by atoms with Gasteiger partial charge in [0.1, 0.15) is 0 Å². The maximum atomic E-state index is 12.0. The monoisotopic (exact) mass is 283 g/mol. The lowest BCUT2D eigenvalue weighted by atomic mass is 10.0. The van der Waals surface area contributed by atoms with Crippen molar-refractivity contribution in [3.8, 4) is 0 Å². The van der Waals surface area contributed by atoms with Crippen LogP contribution in [0.15, 0.2) is 0 Å². The average Bonchev–Trinajstić information content (AvgIpc) is 2.65. The van der Waals surface area contributed by atoms with Crippen LogP contribution in [0.3, 0.4) is 0 Å². The molecular formula is C15H25NO2S. The van der Waals surface area contributed by atoms with E-state index >= 15 is 0 Å². The maximum absolute atomic E-state index is 12.0. The summed E-state index contributed by atoms with van der Waals surface area (Å²) in [5.74, 6) is 0.00876. The Balaban J connectivity index is 1.85. The molecule has 0 aromatic heterocycles. The van der Waals surface area contributed by atoms with E-state index < -0.39 is 0 Å². The molecule has 0 bridgehead atoms. The molecule has 19 heavy (non-hydrogen) atoms. The molecule has 0 spiro atoms. The van der Waals surface area contributed by atoms with Gasteiger partial charge in [-0.3, -0.25) is 14.5 Å². The number of imide groups is 1. The first-order valence-electron chi connectivity index (χ1n) is 7.64. The van der Waals surface area contributed by atoms with Gasteiger partial charge in [0.2, 0.25) is 11.8 Å². The summed E-state index contributed by atoms with van der Waals surface area (Å²) in [5, 5.41) is 0.469. The normalized spacial score (nSPS) is 27.8. The molecule has 1 aliphatic heterocycles. The Bertz CT molecular complexity index is 322. The van der Waals surface area contributed by atoms with Gasteiger partial charge in [-0.1, -0.05) is 44.9 Å². The molecule has 2 rings (SSSR count). The van der Waals surface area contributed by atoms with Gasteiger partial charge in [0, 0.05) is 18.7 Å². The number of hydrogen-bond donors (Lipinski definition) is 0. The second-order valence-corrected chi connectivity index (χ2v) is 7.30. The highest BCUT2D eigenvalue weighted by Crippen LogP contribution is 2.33. The van der Waals surface area contributed by atoms with Crippen LogP contribution in [0.25, 0.3) is 0 Å². The standard InChI is InChI=1S/C15H25NO2S/c1-16-14(17)11-13(15(16)18)19-12-9-7-5-3-2-4-6-8-10-12/h12-13H,2-11H2,1H3. The molecule has 0 N–H and O–H groups in total. The second-order valence-electron chi connectivity index (χ2n) is 5.79. The third-order valence-corrected chi connectivity index (χ3v) is 5.80. The van der Waals surface area contributed by atoms with E-state index in [0.29, 0.717) is 11.7 Å². The Labute approximate surface area is 120 Å². The van der Waals surface area contributed by atoms with E-state index in [2.05, 4.69) is 0 Å². The van der Waals surface area contributed by atoms with Crippen molar-refractivity contribution in [2.24, 2.45) is 0 Å². The number of nitrogens with zero attached hydrogens (tertiary/aromatic N) is 1. The predicted molar refractivity (Wildman–Crippen MR) is 79.1 cm³/mol. The van der Waals surface area contributed by atoms with Crippen molar-refractivity contribution >= 4 is 23.6 Å². The molecule has 4 heteroatoms. The van der Waals surface area contributed by atoms with E-state index in [9.17, 15) is 9.59 Å². The lowest BCUT2D eigenvalue weighted by Crippen LogP contribution is -2.27. The molecule has 0 radical (unpaired) electrons.